The molecule has 1 aromatic heterocycles. The Balaban J connectivity index is 1.23. The largest absolute Gasteiger partial charge is 0.497 e. The number of hydrogen-bond acceptors (Lipinski definition) is 5. The van der Waals surface area contributed by atoms with Crippen molar-refractivity contribution in [1.29, 1.82) is 0 Å². The molecule has 0 radical (unpaired) electrons. The molecule has 8 nitrogen and oxygen atoms in total. The SMILES string of the molecule is COc1ccc(-n2nc(C(=O)O)c3c2C(=O)N(C2C4CN(Cc5ccccc5)CC42)CC3)cc1. The van der Waals surface area contributed by atoms with Gasteiger partial charge < -0.3 is 14.7 Å². The Morgan fingerprint density at radius 2 is 1.79 bits per heavy atom. The molecule has 1 saturated carbocycles. The lowest BCUT2D eigenvalue weighted by Gasteiger charge is -2.31. The summed E-state index contributed by atoms with van der Waals surface area (Å²) in [5.74, 6) is 0.411. The fraction of sp³-hybridized carbons (Fsp3) is 0.346. The van der Waals surface area contributed by atoms with Crippen molar-refractivity contribution in [3.05, 3.63) is 77.1 Å². The van der Waals surface area contributed by atoms with Crippen LogP contribution >= 0.6 is 0 Å². The average molecular weight is 459 g/mol. The summed E-state index contributed by atoms with van der Waals surface area (Å²) in [5, 5.41) is 14.0. The molecule has 1 N–H and O–H groups in total. The van der Waals surface area contributed by atoms with Gasteiger partial charge in [-0.25, -0.2) is 9.48 Å². The van der Waals surface area contributed by atoms with Gasteiger partial charge in [0.2, 0.25) is 0 Å². The minimum Gasteiger partial charge on any atom is -0.497 e. The molecule has 2 unspecified atom stereocenters. The minimum absolute atomic E-state index is 0.0381. The maximum atomic E-state index is 13.7. The van der Waals surface area contributed by atoms with Crippen molar-refractivity contribution in [2.24, 2.45) is 11.8 Å². The predicted molar refractivity (Wildman–Crippen MR) is 124 cm³/mol. The molecule has 0 spiro atoms. The number of amides is 1. The van der Waals surface area contributed by atoms with Crippen LogP contribution in [0.2, 0.25) is 0 Å². The summed E-state index contributed by atoms with van der Waals surface area (Å²) >= 11 is 0. The van der Waals surface area contributed by atoms with Gasteiger partial charge in [0.25, 0.3) is 5.91 Å². The maximum Gasteiger partial charge on any atom is 0.356 e. The molecule has 3 aliphatic rings. The molecule has 2 fully saturated rings. The van der Waals surface area contributed by atoms with Crippen LogP contribution in [0.1, 0.15) is 32.1 Å². The minimum atomic E-state index is -1.11. The summed E-state index contributed by atoms with van der Waals surface area (Å²) in [6.07, 6.45) is 0.503. The molecular formula is C26H26N4O4. The van der Waals surface area contributed by atoms with E-state index in [1.165, 1.54) is 10.2 Å². The zero-order valence-electron chi connectivity index (χ0n) is 18.9. The molecule has 3 heterocycles. The first kappa shape index (κ1) is 20.9. The lowest BCUT2D eigenvalue weighted by molar-refractivity contribution is 0.0680. The van der Waals surface area contributed by atoms with Gasteiger partial charge >= 0.3 is 5.97 Å². The van der Waals surface area contributed by atoms with Gasteiger partial charge in [0, 0.05) is 37.8 Å². The molecule has 0 bridgehead atoms. The Bertz CT molecular complexity index is 1240. The highest BCUT2D eigenvalue weighted by Crippen LogP contribution is 2.50. The van der Waals surface area contributed by atoms with Gasteiger partial charge in [0.05, 0.1) is 12.8 Å². The number of aromatic carboxylic acids is 1. The number of carboxylic acid groups (broad SMARTS) is 1. The number of nitrogens with zero attached hydrogens (tertiary/aromatic N) is 4. The number of ether oxygens (including phenoxy) is 1. The molecule has 174 valence electrons. The monoisotopic (exact) mass is 458 g/mol. The molecule has 1 saturated heterocycles. The van der Waals surface area contributed by atoms with Gasteiger partial charge in [-0.3, -0.25) is 9.69 Å². The van der Waals surface area contributed by atoms with Crippen molar-refractivity contribution in [1.82, 2.24) is 19.6 Å². The van der Waals surface area contributed by atoms with E-state index in [0.717, 1.165) is 19.6 Å². The number of aromatic nitrogens is 2. The van der Waals surface area contributed by atoms with Crippen LogP contribution in [0.5, 0.6) is 5.75 Å². The van der Waals surface area contributed by atoms with Crippen LogP contribution in [0.3, 0.4) is 0 Å². The van der Waals surface area contributed by atoms with E-state index in [2.05, 4.69) is 34.3 Å². The first-order valence-electron chi connectivity index (χ1n) is 11.6. The lowest BCUT2D eigenvalue weighted by Crippen LogP contribution is -2.43. The van der Waals surface area contributed by atoms with Crippen LogP contribution in [0.25, 0.3) is 5.69 Å². The number of carboxylic acids is 1. The number of methoxy groups -OCH3 is 1. The number of piperidine rings is 1. The normalized spacial score (nSPS) is 23.5. The smallest absolute Gasteiger partial charge is 0.356 e. The van der Waals surface area contributed by atoms with Crippen molar-refractivity contribution in [2.45, 2.75) is 19.0 Å². The fourth-order valence-electron chi connectivity index (χ4n) is 5.76. The van der Waals surface area contributed by atoms with Gasteiger partial charge in [-0.15, -0.1) is 0 Å². The van der Waals surface area contributed by atoms with Crippen molar-refractivity contribution in [3.63, 3.8) is 0 Å². The first-order chi connectivity index (χ1) is 16.5. The highest BCUT2D eigenvalue weighted by molar-refractivity contribution is 6.00. The number of carbonyl (C=O) groups is 2. The van der Waals surface area contributed by atoms with E-state index in [1.807, 2.05) is 11.0 Å². The topological polar surface area (TPSA) is 87.9 Å². The fourth-order valence-corrected chi connectivity index (χ4v) is 5.76. The van der Waals surface area contributed by atoms with Crippen LogP contribution < -0.4 is 4.74 Å². The van der Waals surface area contributed by atoms with Crippen LogP contribution in [0, 0.1) is 11.8 Å². The zero-order chi connectivity index (χ0) is 23.4. The van der Waals surface area contributed by atoms with Crippen molar-refractivity contribution < 1.29 is 19.4 Å². The Labute approximate surface area is 197 Å². The van der Waals surface area contributed by atoms with Crippen LogP contribution in [0.4, 0.5) is 0 Å². The van der Waals surface area contributed by atoms with E-state index >= 15 is 0 Å². The van der Waals surface area contributed by atoms with Crippen LogP contribution in [-0.2, 0) is 13.0 Å². The molecule has 1 aliphatic carbocycles. The Morgan fingerprint density at radius 1 is 1.09 bits per heavy atom. The van der Waals surface area contributed by atoms with E-state index in [1.54, 1.807) is 31.4 Å². The van der Waals surface area contributed by atoms with E-state index in [9.17, 15) is 14.7 Å². The number of likely N-dealkylation sites (tertiary alicyclic amines) is 1. The highest BCUT2D eigenvalue weighted by Gasteiger charge is 2.60. The Morgan fingerprint density at radius 3 is 2.44 bits per heavy atom. The second kappa shape index (κ2) is 7.99. The van der Waals surface area contributed by atoms with Crippen molar-refractivity contribution in [3.8, 4) is 11.4 Å². The third kappa shape index (κ3) is 3.37. The number of carbonyl (C=O) groups excluding carboxylic acids is 1. The number of benzene rings is 2. The molecule has 34 heavy (non-hydrogen) atoms. The van der Waals surface area contributed by atoms with Gasteiger partial charge in [0.1, 0.15) is 11.4 Å². The predicted octanol–water partition coefficient (Wildman–Crippen LogP) is 2.71. The first-order valence-corrected chi connectivity index (χ1v) is 11.6. The zero-order valence-corrected chi connectivity index (χ0v) is 18.9. The highest BCUT2D eigenvalue weighted by atomic mass is 16.5. The van der Waals surface area contributed by atoms with Gasteiger partial charge in [-0.1, -0.05) is 30.3 Å². The van der Waals surface area contributed by atoms with Gasteiger partial charge in [-0.2, -0.15) is 5.10 Å². The standard InChI is InChI=1S/C26H26N4O4/c1-34-18-9-7-17(8-10-18)30-24-19(22(27-30)26(32)33)11-12-29(25(24)31)23-20-14-28(15-21(20)23)13-16-5-3-2-4-6-16/h2-10,20-21,23H,11-15H2,1H3,(H,32,33). The summed E-state index contributed by atoms with van der Waals surface area (Å²) in [4.78, 5) is 30.0. The average Bonchev–Trinajstić information content (AvgIpc) is 3.18. The summed E-state index contributed by atoms with van der Waals surface area (Å²) in [5.41, 5.74) is 2.82. The molecule has 1 amide bonds. The van der Waals surface area contributed by atoms with Gasteiger partial charge in [0.15, 0.2) is 5.69 Å². The Hall–Kier alpha value is -3.65. The molecule has 2 aliphatic heterocycles. The van der Waals surface area contributed by atoms with Gasteiger partial charge in [-0.05, 0) is 48.1 Å². The third-order valence-electron chi connectivity index (χ3n) is 7.40. The van der Waals surface area contributed by atoms with Crippen molar-refractivity contribution >= 4 is 11.9 Å². The van der Waals surface area contributed by atoms with E-state index in [0.29, 0.717) is 47.5 Å². The third-order valence-corrected chi connectivity index (χ3v) is 7.40. The van der Waals surface area contributed by atoms with E-state index in [-0.39, 0.29) is 17.6 Å². The Kier molecular flexibility index (Phi) is 4.91. The number of rotatable bonds is 6. The van der Waals surface area contributed by atoms with Crippen LogP contribution in [-0.4, -0.2) is 69.3 Å². The molecular weight excluding hydrogens is 432 g/mol. The molecule has 8 heteroatoms. The van der Waals surface area contributed by atoms with Crippen LogP contribution in [0.15, 0.2) is 54.6 Å². The second-order valence-corrected chi connectivity index (χ2v) is 9.34. The van der Waals surface area contributed by atoms with Crippen molar-refractivity contribution in [2.75, 3.05) is 26.7 Å². The van der Waals surface area contributed by atoms with E-state index < -0.39 is 5.97 Å². The molecule has 2 atom stereocenters. The summed E-state index contributed by atoms with van der Waals surface area (Å²) in [7, 11) is 1.59. The molecule has 6 rings (SSSR count). The molecule has 3 aromatic rings. The van der Waals surface area contributed by atoms with E-state index in [4.69, 9.17) is 4.74 Å². The quantitative estimate of drug-likeness (QED) is 0.611. The lowest BCUT2D eigenvalue weighted by atomic mass is 10.0. The summed E-state index contributed by atoms with van der Waals surface area (Å²) < 4.78 is 6.72. The maximum absolute atomic E-state index is 13.7. The number of fused-ring (bicyclic) bond motifs is 2. The second-order valence-electron chi connectivity index (χ2n) is 9.34. The number of hydrogen-bond donors (Lipinski definition) is 1. The summed E-state index contributed by atoms with van der Waals surface area (Å²) in [6.45, 7) is 3.44. The molecule has 2 aromatic carbocycles. The summed E-state index contributed by atoms with van der Waals surface area (Å²) in [6, 6.07) is 17.8.